The quantitative estimate of drug-likeness (QED) is 0.904. The summed E-state index contributed by atoms with van der Waals surface area (Å²) in [5, 5.41) is 3.15. The second-order valence-corrected chi connectivity index (χ2v) is 5.09. The molecule has 5 nitrogen and oxygen atoms in total. The third kappa shape index (κ3) is 1.90. The lowest BCUT2D eigenvalue weighted by atomic mass is 9.86. The lowest BCUT2D eigenvalue weighted by molar-refractivity contribution is -0.194. The van der Waals surface area contributed by atoms with Crippen molar-refractivity contribution in [3.8, 4) is 0 Å². The van der Waals surface area contributed by atoms with E-state index in [9.17, 15) is 0 Å². The molecule has 0 saturated heterocycles. The first kappa shape index (κ1) is 14.6. The highest BCUT2D eigenvalue weighted by molar-refractivity contribution is 5.82. The van der Waals surface area contributed by atoms with E-state index in [-0.39, 0.29) is 5.96 Å². The Bertz CT molecular complexity index is 675. The summed E-state index contributed by atoms with van der Waals surface area (Å²) in [6.45, 7) is 0. The van der Waals surface area contributed by atoms with Gasteiger partial charge in [0.05, 0.1) is 0 Å². The summed E-state index contributed by atoms with van der Waals surface area (Å²) >= 11 is 0. The van der Waals surface area contributed by atoms with E-state index in [1.54, 1.807) is 14.2 Å². The normalized spacial score (nSPS) is 27.3. The van der Waals surface area contributed by atoms with Crippen LogP contribution in [0.4, 0.5) is 0 Å². The van der Waals surface area contributed by atoms with Crippen LogP contribution in [0.2, 0.25) is 0 Å². The predicted octanol–water partition coefficient (Wildman–Crippen LogP) is 1.90. The van der Waals surface area contributed by atoms with Crippen LogP contribution in [0, 0.1) is 0 Å². The monoisotopic (exact) mass is 297 g/mol. The topological polar surface area (TPSA) is 68.9 Å². The van der Waals surface area contributed by atoms with Crippen LogP contribution in [0.15, 0.2) is 65.7 Å². The Hall–Kier alpha value is -2.37. The second kappa shape index (κ2) is 5.44. The number of benzene rings is 2. The van der Waals surface area contributed by atoms with Gasteiger partial charge in [0, 0.05) is 25.3 Å². The molecule has 0 amide bonds. The lowest BCUT2D eigenvalue weighted by Crippen LogP contribution is -2.56. The molecule has 0 spiro atoms. The van der Waals surface area contributed by atoms with Gasteiger partial charge in [-0.15, -0.1) is 0 Å². The highest BCUT2D eigenvalue weighted by Crippen LogP contribution is 2.47. The first-order valence-electron chi connectivity index (χ1n) is 7.03. The first-order valence-corrected chi connectivity index (χ1v) is 7.03. The van der Waals surface area contributed by atoms with Crippen LogP contribution in [-0.4, -0.2) is 20.2 Å². The summed E-state index contributed by atoms with van der Waals surface area (Å²) in [4.78, 5) is 4.55. The minimum atomic E-state index is -1.10. The number of guanidine groups is 1. The number of nitrogens with one attached hydrogen (secondary N) is 1. The molecule has 22 heavy (non-hydrogen) atoms. The van der Waals surface area contributed by atoms with Gasteiger partial charge in [-0.05, 0) is 0 Å². The van der Waals surface area contributed by atoms with Gasteiger partial charge < -0.3 is 20.5 Å². The molecule has 0 saturated carbocycles. The summed E-state index contributed by atoms with van der Waals surface area (Å²) in [7, 11) is 3.22. The average molecular weight is 297 g/mol. The average Bonchev–Trinajstić information content (AvgIpc) is 2.90. The molecule has 0 aliphatic carbocycles. The molecule has 2 aromatic carbocycles. The molecule has 5 heteroatoms. The molecular formula is C17H19N3O2. The number of nitrogens with two attached hydrogens (primary N) is 1. The maximum Gasteiger partial charge on any atom is 0.241 e. The van der Waals surface area contributed by atoms with Crippen LogP contribution < -0.4 is 11.1 Å². The molecule has 3 N–H and O–H groups in total. The van der Waals surface area contributed by atoms with E-state index in [0.717, 1.165) is 11.1 Å². The Morgan fingerprint density at radius 2 is 1.41 bits per heavy atom. The van der Waals surface area contributed by atoms with Crippen molar-refractivity contribution in [2.45, 2.75) is 11.4 Å². The summed E-state index contributed by atoms with van der Waals surface area (Å²) < 4.78 is 11.7. The number of methoxy groups -OCH3 is 2. The standard InChI is InChI=1S/C17H19N3O2/c1-21-16(13-9-5-3-6-10-13)17(22-2,20-15(18)19-16)14-11-7-4-8-12-14/h3-12H,1-2H3,(H3,18,19,20). The molecule has 0 bridgehead atoms. The SMILES string of the molecule is COC1(c2ccccc2)N=C(N)NC1(OC)c1ccccc1. The van der Waals surface area contributed by atoms with Gasteiger partial charge in [0.15, 0.2) is 5.96 Å². The molecule has 1 heterocycles. The Kier molecular flexibility index (Phi) is 3.60. The molecular weight excluding hydrogens is 278 g/mol. The van der Waals surface area contributed by atoms with Crippen molar-refractivity contribution in [2.75, 3.05) is 14.2 Å². The maximum atomic E-state index is 5.99. The van der Waals surface area contributed by atoms with Crippen molar-refractivity contribution in [2.24, 2.45) is 10.7 Å². The van der Waals surface area contributed by atoms with Gasteiger partial charge in [-0.2, -0.15) is 0 Å². The van der Waals surface area contributed by atoms with Crippen molar-refractivity contribution < 1.29 is 9.47 Å². The van der Waals surface area contributed by atoms with Gasteiger partial charge in [0.1, 0.15) is 0 Å². The van der Waals surface area contributed by atoms with Crippen molar-refractivity contribution in [3.63, 3.8) is 0 Å². The molecule has 0 fully saturated rings. The van der Waals surface area contributed by atoms with Crippen LogP contribution in [-0.2, 0) is 20.9 Å². The fourth-order valence-electron chi connectivity index (χ4n) is 3.03. The lowest BCUT2D eigenvalue weighted by Gasteiger charge is -2.41. The van der Waals surface area contributed by atoms with Gasteiger partial charge in [-0.3, -0.25) is 0 Å². The van der Waals surface area contributed by atoms with E-state index in [1.165, 1.54) is 0 Å². The van der Waals surface area contributed by atoms with Crippen molar-refractivity contribution in [3.05, 3.63) is 71.8 Å². The molecule has 1 aliphatic rings. The molecule has 1 aliphatic heterocycles. The Balaban J connectivity index is 2.25. The zero-order valence-corrected chi connectivity index (χ0v) is 12.6. The fourth-order valence-corrected chi connectivity index (χ4v) is 3.03. The van der Waals surface area contributed by atoms with Gasteiger partial charge >= 0.3 is 0 Å². The van der Waals surface area contributed by atoms with Gasteiger partial charge in [0.2, 0.25) is 11.4 Å². The summed E-state index contributed by atoms with van der Waals surface area (Å²) in [5.41, 5.74) is 5.59. The number of nitrogens with zero attached hydrogens (tertiary/aromatic N) is 1. The van der Waals surface area contributed by atoms with Crippen molar-refractivity contribution in [1.29, 1.82) is 0 Å². The summed E-state index contributed by atoms with van der Waals surface area (Å²) in [5.74, 6) is 0.274. The predicted molar refractivity (Wildman–Crippen MR) is 85.0 cm³/mol. The Morgan fingerprint density at radius 3 is 1.91 bits per heavy atom. The summed E-state index contributed by atoms with van der Waals surface area (Å²) in [6.07, 6.45) is 0. The molecule has 3 rings (SSSR count). The van der Waals surface area contributed by atoms with Crippen molar-refractivity contribution in [1.82, 2.24) is 5.32 Å². The second-order valence-electron chi connectivity index (χ2n) is 5.09. The van der Waals surface area contributed by atoms with E-state index >= 15 is 0 Å². The number of rotatable bonds is 4. The van der Waals surface area contributed by atoms with E-state index in [2.05, 4.69) is 10.3 Å². The van der Waals surface area contributed by atoms with E-state index < -0.39 is 11.4 Å². The highest BCUT2D eigenvalue weighted by atomic mass is 16.6. The molecule has 0 aromatic heterocycles. The minimum Gasteiger partial charge on any atom is -0.370 e. The zero-order valence-electron chi connectivity index (χ0n) is 12.6. The smallest absolute Gasteiger partial charge is 0.241 e. The van der Waals surface area contributed by atoms with Crippen LogP contribution in [0.25, 0.3) is 0 Å². The van der Waals surface area contributed by atoms with Crippen LogP contribution in [0.5, 0.6) is 0 Å². The first-order chi connectivity index (χ1) is 10.7. The molecule has 0 radical (unpaired) electrons. The number of ether oxygens (including phenoxy) is 2. The van der Waals surface area contributed by atoms with Crippen molar-refractivity contribution >= 4 is 5.96 Å². The maximum absolute atomic E-state index is 5.99. The third-order valence-electron chi connectivity index (χ3n) is 4.01. The Morgan fingerprint density at radius 1 is 0.864 bits per heavy atom. The zero-order chi connectivity index (χ0) is 15.6. The minimum absolute atomic E-state index is 0.274. The third-order valence-corrected chi connectivity index (χ3v) is 4.01. The molecule has 114 valence electrons. The van der Waals surface area contributed by atoms with E-state index in [1.807, 2.05) is 60.7 Å². The molecule has 2 aromatic rings. The Labute approximate surface area is 129 Å². The van der Waals surface area contributed by atoms with Crippen LogP contribution >= 0.6 is 0 Å². The van der Waals surface area contributed by atoms with Crippen LogP contribution in [0.3, 0.4) is 0 Å². The molecule has 2 atom stereocenters. The number of aliphatic imine (C=N–C) groups is 1. The number of hydrogen-bond donors (Lipinski definition) is 2. The largest absolute Gasteiger partial charge is 0.370 e. The van der Waals surface area contributed by atoms with Crippen LogP contribution in [0.1, 0.15) is 11.1 Å². The summed E-state index contributed by atoms with van der Waals surface area (Å²) in [6, 6.07) is 19.5. The van der Waals surface area contributed by atoms with E-state index in [4.69, 9.17) is 15.2 Å². The van der Waals surface area contributed by atoms with Gasteiger partial charge in [-0.25, -0.2) is 4.99 Å². The van der Waals surface area contributed by atoms with E-state index in [0.29, 0.717) is 0 Å². The molecule has 2 unspecified atom stereocenters. The van der Waals surface area contributed by atoms with Gasteiger partial charge in [0.25, 0.3) is 0 Å². The highest BCUT2D eigenvalue weighted by Gasteiger charge is 2.60. The number of hydrogen-bond acceptors (Lipinski definition) is 5. The fraction of sp³-hybridized carbons (Fsp3) is 0.235. The van der Waals surface area contributed by atoms with Gasteiger partial charge in [-0.1, -0.05) is 60.7 Å².